The predicted molar refractivity (Wildman–Crippen MR) is 110 cm³/mol. The number of nitrogens with zero attached hydrogens (tertiary/aromatic N) is 7. The molecule has 0 saturated heterocycles. The van der Waals surface area contributed by atoms with Crippen LogP contribution in [0.1, 0.15) is 24.7 Å². The Kier molecular flexibility index (Phi) is 5.35. The van der Waals surface area contributed by atoms with Crippen LogP contribution in [0.4, 0.5) is 0 Å². The first-order chi connectivity index (χ1) is 14.2. The molecule has 0 amide bonds. The molecule has 0 aliphatic carbocycles. The van der Waals surface area contributed by atoms with Gasteiger partial charge in [-0.2, -0.15) is 5.26 Å². The summed E-state index contributed by atoms with van der Waals surface area (Å²) in [5.41, 5.74) is 1.67. The first-order valence-electron chi connectivity index (χ1n) is 9.11. The minimum absolute atomic E-state index is 0.157. The van der Waals surface area contributed by atoms with Crippen molar-refractivity contribution in [2.45, 2.75) is 30.8 Å². The topological polar surface area (TPSA) is 102 Å². The first kappa shape index (κ1) is 18.8. The van der Waals surface area contributed by atoms with Crippen LogP contribution in [0.5, 0.6) is 0 Å². The molecule has 9 heteroatoms. The third-order valence-electron chi connectivity index (χ3n) is 4.37. The van der Waals surface area contributed by atoms with Crippen molar-refractivity contribution in [2.75, 3.05) is 0 Å². The van der Waals surface area contributed by atoms with Crippen molar-refractivity contribution in [3.05, 3.63) is 70.3 Å². The molecule has 144 valence electrons. The van der Waals surface area contributed by atoms with Crippen molar-refractivity contribution in [3.63, 3.8) is 0 Å². The van der Waals surface area contributed by atoms with E-state index in [9.17, 15) is 4.79 Å². The maximum absolute atomic E-state index is 13.2. The molecule has 2 heterocycles. The Hall–Kier alpha value is -3.51. The van der Waals surface area contributed by atoms with E-state index >= 15 is 0 Å². The van der Waals surface area contributed by atoms with E-state index in [0.717, 1.165) is 18.8 Å². The van der Waals surface area contributed by atoms with Crippen molar-refractivity contribution in [1.29, 1.82) is 5.26 Å². The molecule has 0 aliphatic heterocycles. The Morgan fingerprint density at radius 3 is 2.69 bits per heavy atom. The van der Waals surface area contributed by atoms with Crippen molar-refractivity contribution >= 4 is 22.7 Å². The molecule has 0 bridgehead atoms. The Labute approximate surface area is 170 Å². The molecule has 0 aliphatic rings. The maximum atomic E-state index is 13.2. The molecule has 8 nitrogen and oxygen atoms in total. The van der Waals surface area contributed by atoms with E-state index in [4.69, 9.17) is 10.2 Å². The van der Waals surface area contributed by atoms with Gasteiger partial charge in [-0.05, 0) is 53.2 Å². The van der Waals surface area contributed by atoms with Crippen LogP contribution in [0.25, 0.3) is 16.6 Å². The maximum Gasteiger partial charge on any atom is 0.266 e. The number of nitriles is 1. The van der Waals surface area contributed by atoms with E-state index in [2.05, 4.69) is 28.5 Å². The second-order valence-electron chi connectivity index (χ2n) is 6.32. The van der Waals surface area contributed by atoms with Crippen LogP contribution >= 0.6 is 11.8 Å². The fraction of sp³-hybridized carbons (Fsp3) is 0.200. The Bertz CT molecular complexity index is 1250. The summed E-state index contributed by atoms with van der Waals surface area (Å²) in [4.78, 5) is 17.9. The number of para-hydroxylation sites is 1. The fourth-order valence-corrected chi connectivity index (χ4v) is 3.91. The van der Waals surface area contributed by atoms with Gasteiger partial charge in [0.2, 0.25) is 0 Å². The Morgan fingerprint density at radius 2 is 1.93 bits per heavy atom. The monoisotopic (exact) mass is 403 g/mol. The summed E-state index contributed by atoms with van der Waals surface area (Å²) in [5, 5.41) is 22.0. The highest BCUT2D eigenvalue weighted by Crippen LogP contribution is 2.24. The predicted octanol–water partition coefficient (Wildman–Crippen LogP) is 2.95. The molecule has 0 saturated carbocycles. The SMILES string of the molecule is CCCn1nnnc1CSc1nc2ccccc2c(=O)n1-c1ccc(C#N)cc1. The number of hydrogen-bond donors (Lipinski definition) is 0. The van der Waals surface area contributed by atoms with Gasteiger partial charge in [-0.15, -0.1) is 5.10 Å². The van der Waals surface area contributed by atoms with Crippen molar-refractivity contribution in [1.82, 2.24) is 29.8 Å². The molecule has 4 aromatic rings. The molecule has 2 aromatic carbocycles. The van der Waals surface area contributed by atoms with Gasteiger partial charge < -0.3 is 0 Å². The van der Waals surface area contributed by atoms with Gasteiger partial charge in [-0.25, -0.2) is 9.67 Å². The van der Waals surface area contributed by atoms with Gasteiger partial charge in [0.15, 0.2) is 11.0 Å². The Balaban J connectivity index is 1.79. The van der Waals surface area contributed by atoms with Crippen LogP contribution in [0.3, 0.4) is 0 Å². The third-order valence-corrected chi connectivity index (χ3v) is 5.31. The molecule has 0 spiro atoms. The van der Waals surface area contributed by atoms with Gasteiger partial charge in [-0.3, -0.25) is 9.36 Å². The lowest BCUT2D eigenvalue weighted by Gasteiger charge is -2.13. The molecule has 29 heavy (non-hydrogen) atoms. The summed E-state index contributed by atoms with van der Waals surface area (Å²) in [6, 6.07) is 16.2. The number of aromatic nitrogens is 6. The second-order valence-corrected chi connectivity index (χ2v) is 7.26. The number of thioether (sulfide) groups is 1. The second kappa shape index (κ2) is 8.24. The van der Waals surface area contributed by atoms with Gasteiger partial charge in [0.25, 0.3) is 5.56 Å². The lowest BCUT2D eigenvalue weighted by Crippen LogP contribution is -2.21. The highest BCUT2D eigenvalue weighted by Gasteiger charge is 2.15. The average molecular weight is 403 g/mol. The lowest BCUT2D eigenvalue weighted by atomic mass is 10.2. The van der Waals surface area contributed by atoms with Gasteiger partial charge in [0, 0.05) is 6.54 Å². The van der Waals surface area contributed by atoms with Crippen LogP contribution in [0, 0.1) is 11.3 Å². The number of aryl methyl sites for hydroxylation is 1. The molecule has 2 aromatic heterocycles. The highest BCUT2D eigenvalue weighted by molar-refractivity contribution is 7.98. The summed E-state index contributed by atoms with van der Waals surface area (Å²) in [6.07, 6.45) is 0.923. The average Bonchev–Trinajstić information content (AvgIpc) is 3.20. The van der Waals surface area contributed by atoms with Crippen molar-refractivity contribution < 1.29 is 0 Å². The molecule has 0 radical (unpaired) electrons. The lowest BCUT2D eigenvalue weighted by molar-refractivity contribution is 0.564. The standard InChI is InChI=1S/C20H17N7OS/c1-2-11-26-18(23-24-25-26)13-29-20-22-17-6-4-3-5-16(17)19(28)27(20)15-9-7-14(12-21)8-10-15/h3-10H,2,11,13H2,1H3. The van der Waals surface area contributed by atoms with Crippen molar-refractivity contribution in [2.24, 2.45) is 0 Å². The van der Waals surface area contributed by atoms with Crippen LogP contribution in [-0.4, -0.2) is 29.8 Å². The van der Waals surface area contributed by atoms with Crippen LogP contribution in [0.2, 0.25) is 0 Å². The van der Waals surface area contributed by atoms with E-state index in [1.807, 2.05) is 18.2 Å². The fourth-order valence-electron chi connectivity index (χ4n) is 2.96. The summed E-state index contributed by atoms with van der Waals surface area (Å²) in [5.74, 6) is 1.21. The zero-order chi connectivity index (χ0) is 20.2. The molecule has 0 atom stereocenters. The van der Waals surface area contributed by atoms with Gasteiger partial charge >= 0.3 is 0 Å². The zero-order valence-electron chi connectivity index (χ0n) is 15.7. The minimum atomic E-state index is -0.157. The van der Waals surface area contributed by atoms with E-state index in [1.165, 1.54) is 11.8 Å². The molecule has 0 N–H and O–H groups in total. The molecule has 4 rings (SSSR count). The van der Waals surface area contributed by atoms with E-state index < -0.39 is 0 Å². The molecular formula is C20H17N7OS. The van der Waals surface area contributed by atoms with Crippen LogP contribution < -0.4 is 5.56 Å². The first-order valence-corrected chi connectivity index (χ1v) is 10.1. The number of hydrogen-bond acceptors (Lipinski definition) is 7. The largest absolute Gasteiger partial charge is 0.268 e. The zero-order valence-corrected chi connectivity index (χ0v) is 16.5. The number of benzene rings is 2. The highest BCUT2D eigenvalue weighted by atomic mass is 32.2. The van der Waals surface area contributed by atoms with Gasteiger partial charge in [0.05, 0.1) is 34.0 Å². The summed E-state index contributed by atoms with van der Waals surface area (Å²) >= 11 is 1.40. The third kappa shape index (κ3) is 3.75. The minimum Gasteiger partial charge on any atom is -0.268 e. The number of tetrazole rings is 1. The summed E-state index contributed by atoms with van der Waals surface area (Å²) in [6.45, 7) is 2.79. The molecular weight excluding hydrogens is 386 g/mol. The van der Waals surface area contributed by atoms with E-state index in [-0.39, 0.29) is 5.56 Å². The van der Waals surface area contributed by atoms with Crippen LogP contribution in [-0.2, 0) is 12.3 Å². The molecule has 0 unspecified atom stereocenters. The van der Waals surface area contributed by atoms with E-state index in [0.29, 0.717) is 33.1 Å². The summed E-state index contributed by atoms with van der Waals surface area (Å²) in [7, 11) is 0. The smallest absolute Gasteiger partial charge is 0.266 e. The quantitative estimate of drug-likeness (QED) is 0.360. The van der Waals surface area contributed by atoms with Crippen LogP contribution in [0.15, 0.2) is 58.5 Å². The van der Waals surface area contributed by atoms with Gasteiger partial charge in [-0.1, -0.05) is 30.8 Å². The van der Waals surface area contributed by atoms with Crippen molar-refractivity contribution in [3.8, 4) is 11.8 Å². The summed E-state index contributed by atoms with van der Waals surface area (Å²) < 4.78 is 3.33. The van der Waals surface area contributed by atoms with E-state index in [1.54, 1.807) is 39.6 Å². The number of rotatable bonds is 6. The number of fused-ring (bicyclic) bond motifs is 1. The molecule has 0 fully saturated rings. The normalized spacial score (nSPS) is 10.9. The van der Waals surface area contributed by atoms with Gasteiger partial charge in [0.1, 0.15) is 0 Å². The Morgan fingerprint density at radius 1 is 1.14 bits per heavy atom.